The third-order valence-electron chi connectivity index (χ3n) is 3.56. The summed E-state index contributed by atoms with van der Waals surface area (Å²) in [6.45, 7) is 0. The minimum absolute atomic E-state index is 0.207. The molecular weight excluding hydrogens is 346 g/mol. The summed E-state index contributed by atoms with van der Waals surface area (Å²) in [4.78, 5) is 0. The minimum atomic E-state index is -4.49. The van der Waals surface area contributed by atoms with Crippen LogP contribution in [0.2, 0.25) is 0 Å². The van der Waals surface area contributed by atoms with Gasteiger partial charge in [-0.2, -0.15) is 31.4 Å². The first kappa shape index (κ1) is 17.1. The molecule has 0 aliphatic carbocycles. The Morgan fingerprint density at radius 2 is 1.20 bits per heavy atom. The number of nitrogens with one attached hydrogen (secondary N) is 1. The first-order valence-corrected chi connectivity index (χ1v) is 7.05. The van der Waals surface area contributed by atoms with Gasteiger partial charge in [0.25, 0.3) is 0 Å². The maximum absolute atomic E-state index is 12.8. The second kappa shape index (κ2) is 5.94. The summed E-state index contributed by atoms with van der Waals surface area (Å²) in [6.07, 6.45) is -8.98. The number of aromatic nitrogens is 2. The van der Waals surface area contributed by atoms with Crippen molar-refractivity contribution in [1.82, 2.24) is 10.2 Å². The van der Waals surface area contributed by atoms with Crippen LogP contribution in [0.1, 0.15) is 11.1 Å². The van der Waals surface area contributed by atoms with Crippen molar-refractivity contribution < 1.29 is 26.3 Å². The van der Waals surface area contributed by atoms with E-state index in [0.717, 1.165) is 24.3 Å². The Hall–Kier alpha value is -2.77. The van der Waals surface area contributed by atoms with Gasteiger partial charge in [0, 0.05) is 11.1 Å². The molecule has 0 aliphatic rings. The van der Waals surface area contributed by atoms with Crippen molar-refractivity contribution >= 4 is 0 Å². The van der Waals surface area contributed by atoms with Gasteiger partial charge in [-0.3, -0.25) is 5.10 Å². The van der Waals surface area contributed by atoms with Gasteiger partial charge in [-0.1, -0.05) is 24.3 Å². The average molecular weight is 356 g/mol. The molecule has 1 N–H and O–H groups in total. The van der Waals surface area contributed by atoms with Crippen molar-refractivity contribution in [2.75, 3.05) is 0 Å². The highest BCUT2D eigenvalue weighted by molar-refractivity contribution is 5.69. The molecule has 0 bridgehead atoms. The number of aromatic amines is 1. The Morgan fingerprint density at radius 3 is 1.76 bits per heavy atom. The Morgan fingerprint density at radius 1 is 0.680 bits per heavy atom. The number of hydrogen-bond donors (Lipinski definition) is 1. The van der Waals surface area contributed by atoms with E-state index < -0.39 is 23.5 Å². The van der Waals surface area contributed by atoms with Crippen LogP contribution in [0.15, 0.2) is 54.6 Å². The molecule has 0 fully saturated rings. The predicted octanol–water partition coefficient (Wildman–Crippen LogP) is 5.78. The number of benzene rings is 2. The van der Waals surface area contributed by atoms with Gasteiger partial charge in [0.1, 0.15) is 0 Å². The zero-order valence-electron chi connectivity index (χ0n) is 12.4. The molecule has 0 saturated carbocycles. The quantitative estimate of drug-likeness (QED) is 0.579. The molecule has 2 aromatic carbocycles. The zero-order chi connectivity index (χ0) is 18.2. The van der Waals surface area contributed by atoms with Crippen molar-refractivity contribution in [2.45, 2.75) is 12.4 Å². The van der Waals surface area contributed by atoms with Gasteiger partial charge in [-0.25, -0.2) is 0 Å². The molecule has 1 heterocycles. The minimum Gasteiger partial charge on any atom is -0.277 e. The monoisotopic (exact) mass is 356 g/mol. The number of halogens is 6. The van der Waals surface area contributed by atoms with Crippen molar-refractivity contribution in [3.8, 4) is 22.5 Å². The largest absolute Gasteiger partial charge is 0.416 e. The fourth-order valence-corrected chi connectivity index (χ4v) is 2.34. The summed E-state index contributed by atoms with van der Waals surface area (Å²) in [5, 5.41) is 6.46. The van der Waals surface area contributed by atoms with Gasteiger partial charge >= 0.3 is 12.4 Å². The molecule has 0 amide bonds. The lowest BCUT2D eigenvalue weighted by Crippen LogP contribution is -2.04. The van der Waals surface area contributed by atoms with Crippen LogP contribution in [0.4, 0.5) is 26.3 Å². The third kappa shape index (κ3) is 3.67. The van der Waals surface area contributed by atoms with Crippen molar-refractivity contribution in [3.05, 3.63) is 65.7 Å². The molecule has 25 heavy (non-hydrogen) atoms. The van der Waals surface area contributed by atoms with E-state index in [9.17, 15) is 26.3 Å². The SMILES string of the molecule is FC(F)(F)c1cccc(-c2cc(-c3cccc(C(F)(F)F)c3)[nH]n2)c1. The molecule has 0 atom stereocenters. The summed E-state index contributed by atoms with van der Waals surface area (Å²) in [5.41, 5.74) is -0.712. The van der Waals surface area contributed by atoms with Crippen molar-refractivity contribution in [1.29, 1.82) is 0 Å². The normalized spacial score (nSPS) is 12.4. The summed E-state index contributed by atoms with van der Waals surface area (Å²) < 4.78 is 76.7. The summed E-state index contributed by atoms with van der Waals surface area (Å²) in [5.74, 6) is 0. The third-order valence-corrected chi connectivity index (χ3v) is 3.56. The van der Waals surface area contributed by atoms with Gasteiger partial charge in [-0.15, -0.1) is 0 Å². The maximum atomic E-state index is 12.8. The fraction of sp³-hybridized carbons (Fsp3) is 0.118. The van der Waals surface area contributed by atoms with E-state index in [0.29, 0.717) is 0 Å². The molecule has 0 radical (unpaired) electrons. The van der Waals surface area contributed by atoms with Gasteiger partial charge in [0.05, 0.1) is 22.5 Å². The number of nitrogens with zero attached hydrogens (tertiary/aromatic N) is 1. The maximum Gasteiger partial charge on any atom is 0.416 e. The Balaban J connectivity index is 1.96. The van der Waals surface area contributed by atoms with Crippen LogP contribution in [-0.2, 0) is 12.4 Å². The number of rotatable bonds is 2. The van der Waals surface area contributed by atoms with E-state index >= 15 is 0 Å². The fourth-order valence-electron chi connectivity index (χ4n) is 2.34. The molecule has 0 spiro atoms. The van der Waals surface area contributed by atoms with E-state index in [1.165, 1.54) is 30.3 Å². The molecule has 8 heteroatoms. The zero-order valence-corrected chi connectivity index (χ0v) is 12.4. The van der Waals surface area contributed by atoms with Crippen molar-refractivity contribution in [3.63, 3.8) is 0 Å². The molecule has 0 unspecified atom stereocenters. The number of H-pyrrole nitrogens is 1. The van der Waals surface area contributed by atoms with Crippen LogP contribution in [0.3, 0.4) is 0 Å². The molecule has 2 nitrogen and oxygen atoms in total. The lowest BCUT2D eigenvalue weighted by atomic mass is 10.0. The van der Waals surface area contributed by atoms with E-state index in [4.69, 9.17) is 0 Å². The predicted molar refractivity (Wildman–Crippen MR) is 79.5 cm³/mol. The molecule has 3 rings (SSSR count). The van der Waals surface area contributed by atoms with Crippen molar-refractivity contribution in [2.24, 2.45) is 0 Å². The van der Waals surface area contributed by atoms with Gasteiger partial charge in [0.15, 0.2) is 0 Å². The Bertz CT molecular complexity index is 820. The second-order valence-corrected chi connectivity index (χ2v) is 5.32. The molecule has 3 aromatic rings. The highest BCUT2D eigenvalue weighted by Gasteiger charge is 2.31. The average Bonchev–Trinajstić information content (AvgIpc) is 3.04. The topological polar surface area (TPSA) is 28.7 Å². The van der Waals surface area contributed by atoms with Crippen LogP contribution in [0.25, 0.3) is 22.5 Å². The van der Waals surface area contributed by atoms with Crippen LogP contribution >= 0.6 is 0 Å². The molecule has 130 valence electrons. The Kier molecular flexibility index (Phi) is 4.06. The van der Waals surface area contributed by atoms with Gasteiger partial charge in [-0.05, 0) is 30.3 Å². The van der Waals surface area contributed by atoms with Crippen LogP contribution in [0, 0.1) is 0 Å². The number of hydrogen-bond acceptors (Lipinski definition) is 1. The van der Waals surface area contributed by atoms with E-state index in [1.807, 2.05) is 0 Å². The van der Waals surface area contributed by atoms with E-state index in [-0.39, 0.29) is 22.5 Å². The summed E-state index contributed by atoms with van der Waals surface area (Å²) in [6, 6.07) is 10.6. The van der Waals surface area contributed by atoms with E-state index in [1.54, 1.807) is 0 Å². The van der Waals surface area contributed by atoms with Crippen LogP contribution < -0.4 is 0 Å². The first-order valence-electron chi connectivity index (χ1n) is 7.05. The summed E-state index contributed by atoms with van der Waals surface area (Å²) in [7, 11) is 0. The molecule has 0 saturated heterocycles. The lowest BCUT2D eigenvalue weighted by molar-refractivity contribution is -0.138. The standard InChI is InChI=1S/C17H10F6N2/c18-16(19,20)12-5-1-3-10(7-12)14-9-15(25-24-14)11-4-2-6-13(8-11)17(21,22)23/h1-9H,(H,24,25). The molecular formula is C17H10F6N2. The lowest BCUT2D eigenvalue weighted by Gasteiger charge is -2.07. The highest BCUT2D eigenvalue weighted by Crippen LogP contribution is 2.34. The van der Waals surface area contributed by atoms with E-state index in [2.05, 4.69) is 10.2 Å². The highest BCUT2D eigenvalue weighted by atomic mass is 19.4. The smallest absolute Gasteiger partial charge is 0.277 e. The summed E-state index contributed by atoms with van der Waals surface area (Å²) >= 11 is 0. The molecule has 0 aliphatic heterocycles. The Labute approximate surface area is 138 Å². The molecule has 1 aromatic heterocycles. The number of alkyl halides is 6. The van der Waals surface area contributed by atoms with Gasteiger partial charge in [0.2, 0.25) is 0 Å². The van der Waals surface area contributed by atoms with Crippen LogP contribution in [-0.4, -0.2) is 10.2 Å². The van der Waals surface area contributed by atoms with Crippen LogP contribution in [0.5, 0.6) is 0 Å². The second-order valence-electron chi connectivity index (χ2n) is 5.32. The first-order chi connectivity index (χ1) is 11.6. The van der Waals surface area contributed by atoms with Gasteiger partial charge < -0.3 is 0 Å².